The van der Waals surface area contributed by atoms with Crippen molar-refractivity contribution in [3.05, 3.63) is 6.92 Å². The van der Waals surface area contributed by atoms with Gasteiger partial charge in [0.1, 0.15) is 0 Å². The molecule has 0 N–H and O–H groups in total. The molecule has 53 valence electrons. The summed E-state index contributed by atoms with van der Waals surface area (Å²) in [5.41, 5.74) is 1.25. The van der Waals surface area contributed by atoms with Crippen LogP contribution in [0.3, 0.4) is 0 Å². The molecule has 0 spiro atoms. The fraction of sp³-hybridized carbons (Fsp3) is 0.750. The minimum Gasteiger partial charge on any atom is -0.297 e. The van der Waals surface area contributed by atoms with Gasteiger partial charge in [0, 0.05) is 12.8 Å². The molecule has 1 nitrogen and oxygen atoms in total. The van der Waals surface area contributed by atoms with E-state index in [0.717, 1.165) is 12.8 Å². The molecule has 9 heavy (non-hydrogen) atoms. The van der Waals surface area contributed by atoms with Crippen LogP contribution in [0.1, 0.15) is 32.6 Å². The second-order valence-electron chi connectivity index (χ2n) is 2.14. The van der Waals surface area contributed by atoms with Crippen LogP contribution in [-0.4, -0.2) is 12.8 Å². The lowest BCUT2D eigenvalue weighted by molar-refractivity contribution is 0.828. The first-order chi connectivity index (χ1) is 4.35. The van der Waals surface area contributed by atoms with E-state index in [4.69, 9.17) is 0 Å². The van der Waals surface area contributed by atoms with Gasteiger partial charge in [0.05, 0.1) is 0 Å². The van der Waals surface area contributed by atoms with Crippen molar-refractivity contribution in [1.82, 2.24) is 0 Å². The number of hydrogen-bond acceptors (Lipinski definition) is 1. The Morgan fingerprint density at radius 3 is 2.56 bits per heavy atom. The van der Waals surface area contributed by atoms with E-state index >= 15 is 0 Å². The maximum absolute atomic E-state index is 4.10. The highest BCUT2D eigenvalue weighted by Crippen LogP contribution is 1.98. The van der Waals surface area contributed by atoms with Crippen molar-refractivity contribution in [3.63, 3.8) is 0 Å². The van der Waals surface area contributed by atoms with Crippen LogP contribution in [0.2, 0.25) is 0 Å². The summed E-state index contributed by atoms with van der Waals surface area (Å²) in [6.45, 7) is 5.97. The van der Waals surface area contributed by atoms with Crippen LogP contribution < -0.4 is 0 Å². The predicted octanol–water partition coefficient (Wildman–Crippen LogP) is 2.47. The predicted molar refractivity (Wildman–Crippen MR) is 42.9 cm³/mol. The Morgan fingerprint density at radius 2 is 2.22 bits per heavy atom. The third-order valence-electron chi connectivity index (χ3n) is 1.42. The van der Waals surface area contributed by atoms with Gasteiger partial charge in [-0.25, -0.2) is 0 Å². The number of nitrogens with zero attached hydrogens (tertiary/aromatic N) is 1. The molecule has 0 aliphatic carbocycles. The zero-order chi connectivity index (χ0) is 7.11. The van der Waals surface area contributed by atoms with Gasteiger partial charge in [0.2, 0.25) is 0 Å². The third kappa shape index (κ3) is 4.19. The summed E-state index contributed by atoms with van der Waals surface area (Å²) < 4.78 is 0. The summed E-state index contributed by atoms with van der Waals surface area (Å²) in [4.78, 5) is 4.10. The fourth-order valence-electron chi connectivity index (χ4n) is 0.729. The molecule has 0 heterocycles. The van der Waals surface area contributed by atoms with Gasteiger partial charge in [-0.3, -0.25) is 4.99 Å². The van der Waals surface area contributed by atoms with E-state index in [2.05, 4.69) is 18.8 Å². The second kappa shape index (κ2) is 5.80. The fourth-order valence-corrected chi connectivity index (χ4v) is 0.729. The zero-order valence-electron chi connectivity index (χ0n) is 6.48. The van der Waals surface area contributed by atoms with Gasteiger partial charge in [0.15, 0.2) is 0 Å². The summed E-state index contributed by atoms with van der Waals surface area (Å²) in [5.74, 6) is 0. The highest BCUT2D eigenvalue weighted by atomic mass is 14.7. The topological polar surface area (TPSA) is 12.4 Å². The molecule has 0 aromatic rings. The quantitative estimate of drug-likeness (QED) is 0.513. The highest BCUT2D eigenvalue weighted by Gasteiger charge is 1.91. The first kappa shape index (κ1) is 8.67. The van der Waals surface area contributed by atoms with Crippen molar-refractivity contribution in [2.75, 3.05) is 7.05 Å². The summed E-state index contributed by atoms with van der Waals surface area (Å²) in [5, 5.41) is 0. The summed E-state index contributed by atoms with van der Waals surface area (Å²) in [6.07, 6.45) is 4.51. The largest absolute Gasteiger partial charge is 0.297 e. The van der Waals surface area contributed by atoms with Crippen molar-refractivity contribution in [2.45, 2.75) is 32.6 Å². The van der Waals surface area contributed by atoms with Gasteiger partial charge in [-0.2, -0.15) is 0 Å². The molecule has 0 unspecified atom stereocenters. The van der Waals surface area contributed by atoms with E-state index in [1.54, 1.807) is 0 Å². The molecule has 0 aliphatic heterocycles. The monoisotopic (exact) mass is 126 g/mol. The van der Waals surface area contributed by atoms with E-state index in [1.807, 2.05) is 7.05 Å². The summed E-state index contributed by atoms with van der Waals surface area (Å²) in [7, 11) is 1.84. The molecule has 0 aromatic carbocycles. The Balaban J connectivity index is 3.33. The average Bonchev–Trinajstić information content (AvgIpc) is 1.91. The van der Waals surface area contributed by atoms with Crippen molar-refractivity contribution in [1.29, 1.82) is 0 Å². The van der Waals surface area contributed by atoms with E-state index < -0.39 is 0 Å². The molecular weight excluding hydrogens is 110 g/mol. The number of aliphatic imine (C=N–C) groups is 1. The van der Waals surface area contributed by atoms with Gasteiger partial charge in [-0.15, -0.1) is 0 Å². The van der Waals surface area contributed by atoms with Crippen molar-refractivity contribution < 1.29 is 0 Å². The third-order valence-corrected chi connectivity index (χ3v) is 1.42. The molecule has 0 rings (SSSR count). The molecule has 0 atom stereocenters. The molecule has 1 radical (unpaired) electrons. The number of hydrogen-bond donors (Lipinski definition) is 0. The van der Waals surface area contributed by atoms with Crippen LogP contribution >= 0.6 is 0 Å². The standard InChI is InChI=1S/C8H16N/c1-4-6-7-8(5-2)9-3/h2,4-7H2,1,3H3. The first-order valence-corrected chi connectivity index (χ1v) is 3.59. The Labute approximate surface area is 58.2 Å². The van der Waals surface area contributed by atoms with Crippen LogP contribution in [0.4, 0.5) is 0 Å². The van der Waals surface area contributed by atoms with E-state index in [1.165, 1.54) is 18.6 Å². The summed E-state index contributed by atoms with van der Waals surface area (Å²) >= 11 is 0. The Hall–Kier alpha value is -0.330. The Bertz CT molecular complexity index is 84.6. The molecule has 1 heteroatoms. The zero-order valence-corrected chi connectivity index (χ0v) is 6.48. The van der Waals surface area contributed by atoms with E-state index in [0.29, 0.717) is 0 Å². The lowest BCUT2D eigenvalue weighted by Gasteiger charge is -1.98. The molecule has 0 fully saturated rings. The molecule has 0 saturated carbocycles. The molecule has 0 aromatic heterocycles. The smallest absolute Gasteiger partial charge is 0.0276 e. The van der Waals surface area contributed by atoms with Crippen LogP contribution in [0.25, 0.3) is 0 Å². The SMILES string of the molecule is [CH2]CC(CCCC)=NC. The van der Waals surface area contributed by atoms with E-state index in [9.17, 15) is 0 Å². The normalized spacial score (nSPS) is 12.1. The van der Waals surface area contributed by atoms with Gasteiger partial charge >= 0.3 is 0 Å². The van der Waals surface area contributed by atoms with Crippen LogP contribution in [0, 0.1) is 6.92 Å². The van der Waals surface area contributed by atoms with Crippen molar-refractivity contribution in [2.24, 2.45) is 4.99 Å². The summed E-state index contributed by atoms with van der Waals surface area (Å²) in [6, 6.07) is 0. The van der Waals surface area contributed by atoms with Crippen LogP contribution in [0.15, 0.2) is 4.99 Å². The lowest BCUT2D eigenvalue weighted by Crippen LogP contribution is -1.94. The minimum atomic E-state index is 0.872. The Kier molecular flexibility index (Phi) is 5.59. The van der Waals surface area contributed by atoms with Crippen molar-refractivity contribution in [3.8, 4) is 0 Å². The molecule has 0 amide bonds. The number of unbranched alkanes of at least 4 members (excludes halogenated alkanes) is 1. The van der Waals surface area contributed by atoms with Gasteiger partial charge in [0.25, 0.3) is 0 Å². The Morgan fingerprint density at radius 1 is 1.56 bits per heavy atom. The number of rotatable bonds is 4. The molecular formula is C8H16N. The lowest BCUT2D eigenvalue weighted by atomic mass is 10.1. The van der Waals surface area contributed by atoms with Gasteiger partial charge < -0.3 is 0 Å². The highest BCUT2D eigenvalue weighted by molar-refractivity contribution is 5.84. The van der Waals surface area contributed by atoms with Gasteiger partial charge in [-0.1, -0.05) is 13.3 Å². The maximum Gasteiger partial charge on any atom is 0.0276 e. The average molecular weight is 126 g/mol. The van der Waals surface area contributed by atoms with E-state index in [-0.39, 0.29) is 0 Å². The van der Waals surface area contributed by atoms with Crippen LogP contribution in [0.5, 0.6) is 0 Å². The van der Waals surface area contributed by atoms with Crippen molar-refractivity contribution >= 4 is 5.71 Å². The molecule has 0 aliphatic rings. The van der Waals surface area contributed by atoms with Gasteiger partial charge in [-0.05, 0) is 26.2 Å². The van der Waals surface area contributed by atoms with Crippen LogP contribution in [-0.2, 0) is 0 Å². The molecule has 0 bridgehead atoms. The first-order valence-electron chi connectivity index (χ1n) is 3.59. The minimum absolute atomic E-state index is 0.872. The maximum atomic E-state index is 4.10. The molecule has 0 saturated heterocycles. The second-order valence-corrected chi connectivity index (χ2v) is 2.14.